The minimum absolute atomic E-state index is 0.161. The molecular formula is C9H10N6O2. The molecular weight excluding hydrogens is 224 g/mol. The van der Waals surface area contributed by atoms with E-state index >= 15 is 0 Å². The zero-order valence-corrected chi connectivity index (χ0v) is 9.28. The number of nitrogens with zero attached hydrogens (tertiary/aromatic N) is 5. The van der Waals surface area contributed by atoms with Gasteiger partial charge in [-0.05, 0) is 6.07 Å². The third-order valence-electron chi connectivity index (χ3n) is 1.78. The quantitative estimate of drug-likeness (QED) is 0.813. The van der Waals surface area contributed by atoms with Gasteiger partial charge in [-0.3, -0.25) is 0 Å². The molecule has 88 valence electrons. The van der Waals surface area contributed by atoms with Crippen LogP contribution >= 0.6 is 0 Å². The van der Waals surface area contributed by atoms with Crippen molar-refractivity contribution in [3.8, 4) is 12.0 Å². The number of hydrogen-bond donors (Lipinski definition) is 1. The first-order chi connectivity index (χ1) is 8.31. The van der Waals surface area contributed by atoms with Gasteiger partial charge in [0.05, 0.1) is 14.2 Å². The van der Waals surface area contributed by atoms with Crippen molar-refractivity contribution in [2.24, 2.45) is 0 Å². The summed E-state index contributed by atoms with van der Waals surface area (Å²) in [7, 11) is 2.92. The average Bonchev–Trinajstić information content (AvgIpc) is 2.39. The summed E-state index contributed by atoms with van der Waals surface area (Å²) in [5.74, 6) is 0.850. The first-order valence-corrected chi connectivity index (χ1v) is 4.69. The van der Waals surface area contributed by atoms with Crippen LogP contribution < -0.4 is 14.8 Å². The number of anilines is 2. The van der Waals surface area contributed by atoms with Crippen LogP contribution in [0.4, 0.5) is 11.8 Å². The summed E-state index contributed by atoms with van der Waals surface area (Å²) in [4.78, 5) is 19.7. The number of nitrogens with one attached hydrogen (secondary N) is 1. The summed E-state index contributed by atoms with van der Waals surface area (Å²) in [6.07, 6.45) is 3.02. The third-order valence-corrected chi connectivity index (χ3v) is 1.78. The van der Waals surface area contributed by atoms with Crippen molar-refractivity contribution in [2.75, 3.05) is 19.5 Å². The van der Waals surface area contributed by atoms with Gasteiger partial charge < -0.3 is 14.8 Å². The second kappa shape index (κ2) is 5.01. The molecule has 17 heavy (non-hydrogen) atoms. The summed E-state index contributed by atoms with van der Waals surface area (Å²) in [6, 6.07) is 2.00. The van der Waals surface area contributed by atoms with Gasteiger partial charge in [0.1, 0.15) is 12.1 Å². The molecule has 2 aromatic rings. The Bertz CT molecular complexity index is 470. The van der Waals surface area contributed by atoms with E-state index in [1.807, 2.05) is 0 Å². The van der Waals surface area contributed by atoms with Crippen LogP contribution in [0.2, 0.25) is 0 Å². The molecule has 0 bridgehead atoms. The Kier molecular flexibility index (Phi) is 3.24. The van der Waals surface area contributed by atoms with Gasteiger partial charge >= 0.3 is 12.0 Å². The van der Waals surface area contributed by atoms with E-state index in [0.717, 1.165) is 0 Å². The summed E-state index contributed by atoms with van der Waals surface area (Å²) in [6.45, 7) is 0. The molecule has 8 heteroatoms. The molecule has 0 fully saturated rings. The fraction of sp³-hybridized carbons (Fsp3) is 0.222. The summed E-state index contributed by atoms with van der Waals surface area (Å²) in [5.41, 5.74) is 0. The van der Waals surface area contributed by atoms with Crippen LogP contribution in [0.15, 0.2) is 18.6 Å². The van der Waals surface area contributed by atoms with Crippen LogP contribution in [0, 0.1) is 0 Å². The topological polar surface area (TPSA) is 94.9 Å². The second-order valence-corrected chi connectivity index (χ2v) is 2.85. The molecule has 2 aromatic heterocycles. The number of rotatable bonds is 4. The Balaban J connectivity index is 2.26. The summed E-state index contributed by atoms with van der Waals surface area (Å²) in [5, 5.41) is 2.88. The van der Waals surface area contributed by atoms with Gasteiger partial charge in [-0.25, -0.2) is 9.97 Å². The largest absolute Gasteiger partial charge is 0.467 e. The highest BCUT2D eigenvalue weighted by Crippen LogP contribution is 2.14. The number of hydrogen-bond acceptors (Lipinski definition) is 8. The first kappa shape index (κ1) is 11.0. The van der Waals surface area contributed by atoms with Crippen molar-refractivity contribution in [2.45, 2.75) is 0 Å². The molecule has 0 unspecified atom stereocenters. The molecule has 0 aromatic carbocycles. The van der Waals surface area contributed by atoms with Crippen molar-refractivity contribution in [3.05, 3.63) is 18.6 Å². The fourth-order valence-electron chi connectivity index (χ4n) is 1.06. The van der Waals surface area contributed by atoms with E-state index in [1.54, 1.807) is 12.3 Å². The average molecular weight is 234 g/mol. The van der Waals surface area contributed by atoms with Crippen molar-refractivity contribution < 1.29 is 9.47 Å². The Morgan fingerprint density at radius 2 is 1.76 bits per heavy atom. The van der Waals surface area contributed by atoms with Gasteiger partial charge in [0.2, 0.25) is 5.95 Å². The van der Waals surface area contributed by atoms with Crippen LogP contribution in [0.5, 0.6) is 12.0 Å². The number of ether oxygens (including phenoxy) is 2. The summed E-state index contributed by atoms with van der Waals surface area (Å²) < 4.78 is 9.84. The van der Waals surface area contributed by atoms with Gasteiger partial charge in [0.15, 0.2) is 0 Å². The van der Waals surface area contributed by atoms with Crippen LogP contribution in [-0.4, -0.2) is 39.1 Å². The van der Waals surface area contributed by atoms with E-state index in [-0.39, 0.29) is 18.0 Å². The van der Waals surface area contributed by atoms with Gasteiger partial charge in [-0.15, -0.1) is 4.98 Å². The molecule has 2 rings (SSSR count). The predicted molar refractivity (Wildman–Crippen MR) is 58.2 cm³/mol. The lowest BCUT2D eigenvalue weighted by Crippen LogP contribution is -2.04. The van der Waals surface area contributed by atoms with Crippen molar-refractivity contribution in [1.29, 1.82) is 0 Å². The zero-order valence-electron chi connectivity index (χ0n) is 9.28. The van der Waals surface area contributed by atoms with Gasteiger partial charge in [0, 0.05) is 6.20 Å². The van der Waals surface area contributed by atoms with Crippen LogP contribution in [0.3, 0.4) is 0 Å². The Hall–Kier alpha value is -2.51. The molecule has 8 nitrogen and oxygen atoms in total. The highest BCUT2D eigenvalue weighted by Gasteiger charge is 2.07. The molecule has 0 aliphatic heterocycles. The summed E-state index contributed by atoms with van der Waals surface area (Å²) >= 11 is 0. The molecule has 0 saturated carbocycles. The van der Waals surface area contributed by atoms with Crippen LogP contribution in [0.1, 0.15) is 0 Å². The molecule has 0 aliphatic carbocycles. The van der Waals surface area contributed by atoms with Gasteiger partial charge in [-0.2, -0.15) is 9.97 Å². The van der Waals surface area contributed by atoms with Gasteiger partial charge in [-0.1, -0.05) is 0 Å². The van der Waals surface area contributed by atoms with E-state index in [1.165, 1.54) is 20.5 Å². The van der Waals surface area contributed by atoms with Crippen LogP contribution in [0.25, 0.3) is 0 Å². The lowest BCUT2D eigenvalue weighted by atomic mass is 10.6. The zero-order chi connectivity index (χ0) is 12.1. The van der Waals surface area contributed by atoms with E-state index in [9.17, 15) is 0 Å². The van der Waals surface area contributed by atoms with Crippen molar-refractivity contribution in [3.63, 3.8) is 0 Å². The highest BCUT2D eigenvalue weighted by atomic mass is 16.5. The highest BCUT2D eigenvalue weighted by molar-refractivity contribution is 5.46. The number of methoxy groups -OCH3 is 2. The van der Waals surface area contributed by atoms with E-state index in [0.29, 0.717) is 5.82 Å². The Morgan fingerprint density at radius 3 is 2.29 bits per heavy atom. The Morgan fingerprint density at radius 1 is 1.06 bits per heavy atom. The molecule has 0 amide bonds. The maximum absolute atomic E-state index is 4.92. The molecule has 0 aliphatic rings. The van der Waals surface area contributed by atoms with E-state index < -0.39 is 0 Å². The monoisotopic (exact) mass is 234 g/mol. The molecule has 0 saturated heterocycles. The molecule has 1 N–H and O–H groups in total. The number of aromatic nitrogens is 5. The predicted octanol–water partition coefficient (Wildman–Crippen LogP) is 0.422. The van der Waals surface area contributed by atoms with E-state index in [2.05, 4.69) is 30.2 Å². The maximum atomic E-state index is 4.92. The maximum Gasteiger partial charge on any atom is 0.324 e. The van der Waals surface area contributed by atoms with Crippen molar-refractivity contribution in [1.82, 2.24) is 24.9 Å². The van der Waals surface area contributed by atoms with E-state index in [4.69, 9.17) is 9.47 Å². The normalized spacial score (nSPS) is 9.76. The molecule has 2 heterocycles. The minimum atomic E-state index is 0.161. The fourth-order valence-corrected chi connectivity index (χ4v) is 1.06. The molecule has 0 atom stereocenters. The third kappa shape index (κ3) is 2.74. The standard InChI is InChI=1S/C9H10N6O2/c1-16-8-13-7(14-9(15-8)17-2)12-6-3-4-10-5-11-6/h3-5H,1-2H3,(H,10,11,12,13,14,15). The Labute approximate surface area is 97.1 Å². The van der Waals surface area contributed by atoms with Gasteiger partial charge in [0.25, 0.3) is 0 Å². The SMILES string of the molecule is COc1nc(Nc2ccncn2)nc(OC)n1. The molecule has 0 radical (unpaired) electrons. The van der Waals surface area contributed by atoms with Crippen molar-refractivity contribution >= 4 is 11.8 Å². The van der Waals surface area contributed by atoms with Crippen LogP contribution in [-0.2, 0) is 0 Å². The minimum Gasteiger partial charge on any atom is -0.467 e. The second-order valence-electron chi connectivity index (χ2n) is 2.85. The first-order valence-electron chi connectivity index (χ1n) is 4.69. The lowest BCUT2D eigenvalue weighted by Gasteiger charge is -2.06. The lowest BCUT2D eigenvalue weighted by molar-refractivity contribution is 0.341. The smallest absolute Gasteiger partial charge is 0.324 e. The molecule has 0 spiro atoms.